The lowest BCUT2D eigenvalue weighted by Gasteiger charge is -2.07. The van der Waals surface area contributed by atoms with Crippen molar-refractivity contribution in [1.82, 2.24) is 14.8 Å². The summed E-state index contributed by atoms with van der Waals surface area (Å²) < 4.78 is 1.60. The Morgan fingerprint density at radius 3 is 2.35 bits per heavy atom. The van der Waals surface area contributed by atoms with Crippen LogP contribution < -0.4 is 10.6 Å². The molecule has 0 aliphatic rings. The van der Waals surface area contributed by atoms with Crippen LogP contribution in [0.2, 0.25) is 0 Å². The number of rotatable bonds is 5. The monoisotopic (exact) mass is 273 g/mol. The highest BCUT2D eigenvalue weighted by atomic mass is 16.2. The molecule has 7 heteroatoms. The predicted molar refractivity (Wildman–Crippen MR) is 74.0 cm³/mol. The van der Waals surface area contributed by atoms with Crippen LogP contribution in [-0.2, 0) is 16.1 Å². The number of aryl methyl sites for hydroxylation is 1. The Balaban J connectivity index is 1.83. The molecule has 2 rings (SSSR count). The Bertz CT molecular complexity index is 577. The van der Waals surface area contributed by atoms with Gasteiger partial charge in [0.15, 0.2) is 0 Å². The van der Waals surface area contributed by atoms with Gasteiger partial charge in [-0.2, -0.15) is 5.10 Å². The second-order valence-electron chi connectivity index (χ2n) is 4.22. The van der Waals surface area contributed by atoms with Crippen LogP contribution in [0.25, 0.3) is 0 Å². The number of nitrogens with zero attached hydrogens (tertiary/aromatic N) is 3. The van der Waals surface area contributed by atoms with Crippen molar-refractivity contribution in [2.45, 2.75) is 19.9 Å². The van der Waals surface area contributed by atoms with Crippen molar-refractivity contribution < 1.29 is 9.59 Å². The zero-order chi connectivity index (χ0) is 14.4. The third-order valence-corrected chi connectivity index (χ3v) is 2.52. The summed E-state index contributed by atoms with van der Waals surface area (Å²) in [7, 11) is 0. The van der Waals surface area contributed by atoms with Gasteiger partial charge in [0.2, 0.25) is 11.8 Å². The Kier molecular flexibility index (Phi) is 4.43. The van der Waals surface area contributed by atoms with Gasteiger partial charge < -0.3 is 10.6 Å². The quantitative estimate of drug-likeness (QED) is 0.858. The molecule has 0 radical (unpaired) electrons. The van der Waals surface area contributed by atoms with Gasteiger partial charge in [-0.15, -0.1) is 0 Å². The summed E-state index contributed by atoms with van der Waals surface area (Å²) in [5.74, 6) is -0.234. The fraction of sp³-hybridized carbons (Fsp3) is 0.231. The Morgan fingerprint density at radius 2 is 1.80 bits per heavy atom. The zero-order valence-electron chi connectivity index (χ0n) is 11.0. The molecule has 0 bridgehead atoms. The summed E-state index contributed by atoms with van der Waals surface area (Å²) in [6, 6.07) is 6.93. The first-order chi connectivity index (χ1) is 9.63. The van der Waals surface area contributed by atoms with Gasteiger partial charge in [-0.1, -0.05) is 0 Å². The average molecular weight is 273 g/mol. The molecule has 0 saturated heterocycles. The lowest BCUT2D eigenvalue weighted by atomic mass is 10.2. The van der Waals surface area contributed by atoms with Crippen LogP contribution in [0, 0.1) is 0 Å². The average Bonchev–Trinajstić information content (AvgIpc) is 2.91. The first kappa shape index (κ1) is 13.7. The van der Waals surface area contributed by atoms with Crippen LogP contribution in [0.1, 0.15) is 13.3 Å². The molecular formula is C13H15N5O2. The number of benzene rings is 1. The molecule has 104 valence electrons. The molecule has 0 fully saturated rings. The first-order valence-electron chi connectivity index (χ1n) is 6.13. The molecule has 7 nitrogen and oxygen atoms in total. The summed E-state index contributed by atoms with van der Waals surface area (Å²) in [5, 5.41) is 9.35. The van der Waals surface area contributed by atoms with Crippen molar-refractivity contribution >= 4 is 23.2 Å². The number of carbonyl (C=O) groups excluding carboxylic acids is 2. The first-order valence-corrected chi connectivity index (χ1v) is 6.13. The van der Waals surface area contributed by atoms with E-state index in [0.29, 0.717) is 24.3 Å². The lowest BCUT2D eigenvalue weighted by molar-refractivity contribution is -0.116. The van der Waals surface area contributed by atoms with E-state index in [0.717, 1.165) is 0 Å². The van der Waals surface area contributed by atoms with Crippen molar-refractivity contribution in [2.24, 2.45) is 0 Å². The second-order valence-corrected chi connectivity index (χ2v) is 4.22. The minimum absolute atomic E-state index is 0.104. The molecule has 1 aromatic heterocycles. The van der Waals surface area contributed by atoms with Gasteiger partial charge in [0.25, 0.3) is 0 Å². The third-order valence-electron chi connectivity index (χ3n) is 2.52. The molecule has 0 spiro atoms. The molecule has 2 amide bonds. The van der Waals surface area contributed by atoms with Crippen LogP contribution in [0.3, 0.4) is 0 Å². The highest BCUT2D eigenvalue weighted by molar-refractivity contribution is 5.92. The van der Waals surface area contributed by atoms with Gasteiger partial charge in [-0.25, -0.2) is 4.98 Å². The maximum atomic E-state index is 11.7. The largest absolute Gasteiger partial charge is 0.326 e. The van der Waals surface area contributed by atoms with E-state index >= 15 is 0 Å². The molecule has 2 aromatic rings. The van der Waals surface area contributed by atoms with Crippen LogP contribution in [0.4, 0.5) is 11.4 Å². The van der Waals surface area contributed by atoms with E-state index in [2.05, 4.69) is 20.7 Å². The van der Waals surface area contributed by atoms with Gasteiger partial charge in [-0.05, 0) is 24.3 Å². The molecule has 2 N–H and O–H groups in total. The minimum Gasteiger partial charge on any atom is -0.326 e. The molecule has 20 heavy (non-hydrogen) atoms. The fourth-order valence-electron chi connectivity index (χ4n) is 1.63. The molecule has 0 atom stereocenters. The summed E-state index contributed by atoms with van der Waals surface area (Å²) in [4.78, 5) is 26.4. The Labute approximate surface area is 116 Å². The number of nitrogens with one attached hydrogen (secondary N) is 2. The Hall–Kier alpha value is -2.70. The summed E-state index contributed by atoms with van der Waals surface area (Å²) in [6.07, 6.45) is 3.31. The third kappa shape index (κ3) is 4.20. The summed E-state index contributed by atoms with van der Waals surface area (Å²) >= 11 is 0. The number of hydrogen-bond donors (Lipinski definition) is 2. The highest BCUT2D eigenvalue weighted by Gasteiger charge is 2.03. The molecular weight excluding hydrogens is 258 g/mol. The molecule has 0 aliphatic heterocycles. The van der Waals surface area contributed by atoms with Gasteiger partial charge in [-0.3, -0.25) is 14.3 Å². The molecule has 0 saturated carbocycles. The highest BCUT2D eigenvalue weighted by Crippen LogP contribution is 2.13. The van der Waals surface area contributed by atoms with E-state index in [1.54, 1.807) is 35.3 Å². The van der Waals surface area contributed by atoms with Gasteiger partial charge >= 0.3 is 0 Å². The van der Waals surface area contributed by atoms with Crippen LogP contribution in [-0.4, -0.2) is 26.6 Å². The second kappa shape index (κ2) is 6.46. The Morgan fingerprint density at radius 1 is 1.15 bits per heavy atom. The standard InChI is InChI=1S/C13H15N5O2/c1-10(19)16-11-2-4-12(5-3-11)17-13(20)6-7-18-9-14-8-15-18/h2-5,8-9H,6-7H2,1H3,(H,16,19)(H,17,20). The number of amides is 2. The van der Waals surface area contributed by atoms with Crippen molar-refractivity contribution in [3.8, 4) is 0 Å². The number of hydrogen-bond acceptors (Lipinski definition) is 4. The van der Waals surface area contributed by atoms with Crippen LogP contribution in [0.15, 0.2) is 36.9 Å². The molecule has 0 aliphatic carbocycles. The van der Waals surface area contributed by atoms with Crippen molar-refractivity contribution in [1.29, 1.82) is 0 Å². The van der Waals surface area contributed by atoms with E-state index in [1.807, 2.05) is 0 Å². The zero-order valence-corrected chi connectivity index (χ0v) is 11.0. The SMILES string of the molecule is CC(=O)Nc1ccc(NC(=O)CCn2cncn2)cc1. The van der Waals surface area contributed by atoms with E-state index in [1.165, 1.54) is 13.3 Å². The smallest absolute Gasteiger partial charge is 0.226 e. The maximum absolute atomic E-state index is 11.7. The van der Waals surface area contributed by atoms with Crippen molar-refractivity contribution in [3.05, 3.63) is 36.9 Å². The van der Waals surface area contributed by atoms with E-state index in [-0.39, 0.29) is 11.8 Å². The van der Waals surface area contributed by atoms with Crippen LogP contribution >= 0.6 is 0 Å². The number of carbonyl (C=O) groups is 2. The normalized spacial score (nSPS) is 10.1. The summed E-state index contributed by atoms with van der Waals surface area (Å²) in [6.45, 7) is 1.93. The van der Waals surface area contributed by atoms with E-state index in [9.17, 15) is 9.59 Å². The van der Waals surface area contributed by atoms with Crippen LogP contribution in [0.5, 0.6) is 0 Å². The molecule has 1 aromatic carbocycles. The minimum atomic E-state index is -0.130. The number of anilines is 2. The van der Waals surface area contributed by atoms with Crippen molar-refractivity contribution in [2.75, 3.05) is 10.6 Å². The van der Waals surface area contributed by atoms with Gasteiger partial charge in [0, 0.05) is 24.7 Å². The molecule has 0 unspecified atom stereocenters. The number of aromatic nitrogens is 3. The van der Waals surface area contributed by atoms with Crippen molar-refractivity contribution in [3.63, 3.8) is 0 Å². The van der Waals surface area contributed by atoms with Gasteiger partial charge in [0.1, 0.15) is 12.7 Å². The maximum Gasteiger partial charge on any atom is 0.226 e. The van der Waals surface area contributed by atoms with E-state index < -0.39 is 0 Å². The topological polar surface area (TPSA) is 88.9 Å². The molecule has 1 heterocycles. The fourth-order valence-corrected chi connectivity index (χ4v) is 1.63. The predicted octanol–water partition coefficient (Wildman–Crippen LogP) is 1.27. The lowest BCUT2D eigenvalue weighted by Crippen LogP contribution is -2.14. The summed E-state index contributed by atoms with van der Waals surface area (Å²) in [5.41, 5.74) is 1.38. The van der Waals surface area contributed by atoms with E-state index in [4.69, 9.17) is 0 Å². The van der Waals surface area contributed by atoms with Gasteiger partial charge in [0.05, 0.1) is 6.54 Å².